The molecule has 1 aliphatic heterocycles. The summed E-state index contributed by atoms with van der Waals surface area (Å²) < 4.78 is 5.74. The molecule has 0 aromatic heterocycles. The maximum atomic E-state index is 12.6. The van der Waals surface area contributed by atoms with Crippen molar-refractivity contribution in [2.75, 3.05) is 18.5 Å². The number of amides is 2. The first-order valence-electron chi connectivity index (χ1n) is 9.02. The molecule has 0 bridgehead atoms. The summed E-state index contributed by atoms with van der Waals surface area (Å²) in [6.07, 6.45) is 1.49. The van der Waals surface area contributed by atoms with Crippen molar-refractivity contribution in [2.24, 2.45) is 0 Å². The fourth-order valence-corrected chi connectivity index (χ4v) is 3.59. The van der Waals surface area contributed by atoms with Gasteiger partial charge in [-0.25, -0.2) is 0 Å². The smallest absolute Gasteiger partial charge is 0.233 e. The predicted molar refractivity (Wildman–Crippen MR) is 99.6 cm³/mol. The van der Waals surface area contributed by atoms with Gasteiger partial charge in [0, 0.05) is 24.9 Å². The number of hydrogen-bond acceptors (Lipinski definition) is 3. The molecule has 0 spiro atoms. The molecule has 1 saturated heterocycles. The Morgan fingerprint density at radius 3 is 2.44 bits per heavy atom. The van der Waals surface area contributed by atoms with Gasteiger partial charge in [0.25, 0.3) is 0 Å². The number of hydrogen-bond donors (Lipinski definition) is 1. The Hall–Kier alpha value is -1.88. The van der Waals surface area contributed by atoms with Crippen molar-refractivity contribution in [1.29, 1.82) is 0 Å². The van der Waals surface area contributed by atoms with Gasteiger partial charge in [-0.15, -0.1) is 0 Å². The summed E-state index contributed by atoms with van der Waals surface area (Å²) in [5.74, 6) is -0.383. The van der Waals surface area contributed by atoms with Crippen LogP contribution in [-0.4, -0.2) is 41.5 Å². The van der Waals surface area contributed by atoms with Crippen molar-refractivity contribution in [2.45, 2.75) is 65.5 Å². The molecule has 1 N–H and O–H groups in total. The van der Waals surface area contributed by atoms with Gasteiger partial charge in [-0.3, -0.25) is 9.59 Å². The highest BCUT2D eigenvalue weighted by atomic mass is 16.5. The summed E-state index contributed by atoms with van der Waals surface area (Å²) in [5.41, 5.74) is 2.69. The summed E-state index contributed by atoms with van der Waals surface area (Å²) >= 11 is 0. The fraction of sp³-hybridized carbons (Fsp3) is 0.600. The lowest BCUT2D eigenvalue weighted by molar-refractivity contribution is -0.141. The Bertz CT molecular complexity index is 620. The summed E-state index contributed by atoms with van der Waals surface area (Å²) in [7, 11) is 0. The second kappa shape index (κ2) is 8.00. The summed E-state index contributed by atoms with van der Waals surface area (Å²) in [6, 6.07) is 6.00. The molecule has 5 nitrogen and oxygen atoms in total. The van der Waals surface area contributed by atoms with Gasteiger partial charge < -0.3 is 15.0 Å². The summed E-state index contributed by atoms with van der Waals surface area (Å²) in [6.45, 7) is 11.3. The maximum absolute atomic E-state index is 12.6. The van der Waals surface area contributed by atoms with E-state index in [9.17, 15) is 9.59 Å². The van der Waals surface area contributed by atoms with Crippen molar-refractivity contribution in [3.8, 4) is 0 Å². The lowest BCUT2D eigenvalue weighted by Crippen LogP contribution is -2.49. The molecule has 1 aromatic rings. The number of anilines is 1. The van der Waals surface area contributed by atoms with Crippen LogP contribution in [0.2, 0.25) is 0 Å². The normalized spacial score (nSPS) is 19.3. The number of carbonyl (C=O) groups is 2. The number of benzene rings is 1. The molecule has 1 aromatic carbocycles. The highest BCUT2D eigenvalue weighted by Gasteiger charge is 2.34. The zero-order chi connectivity index (χ0) is 18.6. The minimum Gasteiger partial charge on any atom is -0.375 e. The number of nitrogens with zero attached hydrogens (tertiary/aromatic N) is 1. The monoisotopic (exact) mass is 346 g/mol. The van der Waals surface area contributed by atoms with E-state index in [1.54, 1.807) is 0 Å². The SMILES string of the molecule is CCN(C(=O)CC(=O)Nc1cc(C)cc(C)c1)[C@@H]1CCOC(C)(C)C1. The Morgan fingerprint density at radius 2 is 1.88 bits per heavy atom. The van der Waals surface area contributed by atoms with Crippen LogP contribution in [0.25, 0.3) is 0 Å². The van der Waals surface area contributed by atoms with Gasteiger partial charge in [-0.2, -0.15) is 0 Å². The number of carbonyl (C=O) groups excluding carboxylic acids is 2. The topological polar surface area (TPSA) is 58.6 Å². The van der Waals surface area contributed by atoms with Crippen LogP contribution in [0.1, 0.15) is 51.2 Å². The Balaban J connectivity index is 1.97. The molecule has 0 aliphatic carbocycles. The second-order valence-electron chi connectivity index (χ2n) is 7.54. The van der Waals surface area contributed by atoms with Crippen LogP contribution >= 0.6 is 0 Å². The van der Waals surface area contributed by atoms with Gasteiger partial charge >= 0.3 is 0 Å². The zero-order valence-electron chi connectivity index (χ0n) is 16.0. The number of nitrogens with one attached hydrogen (secondary N) is 1. The van der Waals surface area contributed by atoms with Gasteiger partial charge in [-0.05, 0) is 70.7 Å². The average Bonchev–Trinajstić information content (AvgIpc) is 2.45. The van der Waals surface area contributed by atoms with Crippen LogP contribution < -0.4 is 5.32 Å². The van der Waals surface area contributed by atoms with Gasteiger partial charge in [0.05, 0.1) is 5.60 Å². The molecular weight excluding hydrogens is 316 g/mol. The third-order valence-electron chi connectivity index (χ3n) is 4.59. The van der Waals surface area contributed by atoms with E-state index in [2.05, 4.69) is 5.32 Å². The predicted octanol–water partition coefficient (Wildman–Crippen LogP) is 3.44. The Labute approximate surface area is 150 Å². The van der Waals surface area contributed by atoms with E-state index < -0.39 is 0 Å². The van der Waals surface area contributed by atoms with Crippen LogP contribution in [-0.2, 0) is 14.3 Å². The average molecular weight is 346 g/mol. The van der Waals surface area contributed by atoms with E-state index in [0.717, 1.165) is 29.7 Å². The highest BCUT2D eigenvalue weighted by Crippen LogP contribution is 2.27. The van der Waals surface area contributed by atoms with Crippen LogP contribution in [0.3, 0.4) is 0 Å². The van der Waals surface area contributed by atoms with Crippen molar-refractivity contribution in [3.63, 3.8) is 0 Å². The lowest BCUT2D eigenvalue weighted by Gasteiger charge is -2.41. The van der Waals surface area contributed by atoms with Crippen LogP contribution in [0.15, 0.2) is 18.2 Å². The van der Waals surface area contributed by atoms with Crippen LogP contribution in [0.5, 0.6) is 0 Å². The first kappa shape index (κ1) is 19.4. The van der Waals surface area contributed by atoms with Gasteiger partial charge in [0.2, 0.25) is 11.8 Å². The number of rotatable bonds is 5. The van der Waals surface area contributed by atoms with Crippen molar-refractivity contribution >= 4 is 17.5 Å². The molecule has 138 valence electrons. The van der Waals surface area contributed by atoms with E-state index in [-0.39, 0.29) is 29.9 Å². The fourth-order valence-electron chi connectivity index (χ4n) is 3.59. The molecule has 1 heterocycles. The van der Waals surface area contributed by atoms with Crippen LogP contribution in [0.4, 0.5) is 5.69 Å². The van der Waals surface area contributed by atoms with Crippen molar-refractivity contribution in [1.82, 2.24) is 4.90 Å². The summed E-state index contributed by atoms with van der Waals surface area (Å²) in [4.78, 5) is 26.8. The van der Waals surface area contributed by atoms with E-state index in [0.29, 0.717) is 13.2 Å². The standard InChI is InChI=1S/C20H30N2O3/c1-6-22(17-7-8-25-20(4,5)13-17)19(24)12-18(23)21-16-10-14(2)9-15(3)11-16/h9-11,17H,6-8,12-13H2,1-5H3,(H,21,23)/t17-/m1/s1. The largest absolute Gasteiger partial charge is 0.375 e. The zero-order valence-corrected chi connectivity index (χ0v) is 16.0. The molecule has 1 aliphatic rings. The molecule has 5 heteroatoms. The molecule has 1 atom stereocenters. The van der Waals surface area contributed by atoms with Gasteiger partial charge in [0.1, 0.15) is 6.42 Å². The van der Waals surface area contributed by atoms with Crippen molar-refractivity contribution < 1.29 is 14.3 Å². The van der Waals surface area contributed by atoms with Crippen LogP contribution in [0, 0.1) is 13.8 Å². The molecule has 0 unspecified atom stereocenters. The van der Waals surface area contributed by atoms with E-state index >= 15 is 0 Å². The minimum absolute atomic E-state index is 0.118. The number of aryl methyl sites for hydroxylation is 2. The van der Waals surface area contributed by atoms with Crippen molar-refractivity contribution in [3.05, 3.63) is 29.3 Å². The summed E-state index contributed by atoms with van der Waals surface area (Å²) in [5, 5.41) is 2.84. The second-order valence-corrected chi connectivity index (χ2v) is 7.54. The molecule has 25 heavy (non-hydrogen) atoms. The van der Waals surface area contributed by atoms with E-state index in [1.165, 1.54) is 0 Å². The lowest BCUT2D eigenvalue weighted by atomic mass is 9.92. The molecule has 0 radical (unpaired) electrons. The maximum Gasteiger partial charge on any atom is 0.233 e. The van der Waals surface area contributed by atoms with Gasteiger partial charge in [-0.1, -0.05) is 6.07 Å². The van der Waals surface area contributed by atoms with Gasteiger partial charge in [0.15, 0.2) is 0 Å². The minimum atomic E-state index is -0.264. The Kier molecular flexibility index (Phi) is 6.22. The quantitative estimate of drug-likeness (QED) is 0.831. The molecule has 1 fully saturated rings. The first-order valence-corrected chi connectivity index (χ1v) is 9.02. The first-order chi connectivity index (χ1) is 11.7. The third-order valence-corrected chi connectivity index (χ3v) is 4.59. The Morgan fingerprint density at radius 1 is 1.24 bits per heavy atom. The van der Waals surface area contributed by atoms with E-state index in [1.807, 2.05) is 57.7 Å². The third kappa shape index (κ3) is 5.56. The molecule has 2 amide bonds. The molecule has 2 rings (SSSR count). The number of ether oxygens (including phenoxy) is 1. The molecular formula is C20H30N2O3. The van der Waals surface area contributed by atoms with E-state index in [4.69, 9.17) is 4.74 Å². The molecule has 0 saturated carbocycles. The highest BCUT2D eigenvalue weighted by molar-refractivity contribution is 6.03.